The lowest BCUT2D eigenvalue weighted by atomic mass is 9.94. The third-order valence-corrected chi connectivity index (χ3v) is 19.0. The van der Waals surface area contributed by atoms with Gasteiger partial charge in [0.1, 0.15) is 49.8 Å². The number of halogens is 3. The van der Waals surface area contributed by atoms with Gasteiger partial charge in [-0.05, 0) is 90.5 Å². The molecule has 4 heterocycles. The van der Waals surface area contributed by atoms with Gasteiger partial charge in [0.05, 0.1) is 52.2 Å². The van der Waals surface area contributed by atoms with Gasteiger partial charge >= 0.3 is 57.4 Å². The van der Waals surface area contributed by atoms with Gasteiger partial charge < -0.3 is 71.1 Å². The fraction of sp³-hybridized carbons (Fsp3) is 0.256. The summed E-state index contributed by atoms with van der Waals surface area (Å²) in [6.07, 6.45) is -34.0. The number of hydrogen-bond acceptors (Lipinski definition) is 25. The Bertz CT molecular complexity index is 4720. The molecule has 0 unspecified atom stereocenters. The van der Waals surface area contributed by atoms with E-state index in [9.17, 15) is 27.6 Å². The highest BCUT2D eigenvalue weighted by Crippen LogP contribution is 2.43. The van der Waals surface area contributed by atoms with Crippen LogP contribution in [0, 0.1) is 0 Å². The van der Waals surface area contributed by atoms with Crippen molar-refractivity contribution < 1.29 is 130 Å². The summed E-state index contributed by atoms with van der Waals surface area (Å²) < 4.78 is 175. The molecule has 0 spiro atoms. The van der Waals surface area contributed by atoms with Crippen molar-refractivity contribution in [2.75, 3.05) is 19.8 Å². The van der Waals surface area contributed by atoms with Crippen molar-refractivity contribution in [3.05, 3.63) is 323 Å². The molecule has 574 valence electrons. The van der Waals surface area contributed by atoms with Crippen LogP contribution in [0.15, 0.2) is 273 Å². The van der Waals surface area contributed by atoms with Crippen molar-refractivity contribution in [3.8, 4) is 0 Å². The van der Waals surface area contributed by atoms with E-state index in [0.29, 0.717) is 11.1 Å². The molecule has 0 N–H and O–H groups in total. The van der Waals surface area contributed by atoms with E-state index in [0.717, 1.165) is 0 Å². The van der Waals surface area contributed by atoms with Crippen LogP contribution in [0.3, 0.4) is 0 Å². The molecule has 25 nitrogen and oxygen atoms in total. The number of rotatable bonds is 26. The first-order chi connectivity index (χ1) is 53.8. The van der Waals surface area contributed by atoms with Crippen molar-refractivity contribution in [2.45, 2.75) is 111 Å². The zero-order chi connectivity index (χ0) is 77.4. The van der Waals surface area contributed by atoms with Crippen LogP contribution in [0.25, 0.3) is 0 Å². The van der Waals surface area contributed by atoms with Crippen LogP contribution in [0.4, 0.5) is 13.2 Å². The van der Waals surface area contributed by atoms with E-state index in [2.05, 4.69) is 0 Å². The monoisotopic (exact) mass is 1540 g/mol. The second kappa shape index (κ2) is 36.0. The van der Waals surface area contributed by atoms with Crippen LogP contribution >= 0.6 is 0 Å². The Hall–Kier alpha value is -11.4. The molecule has 16 atom stereocenters. The molecule has 0 radical (unpaired) electrons. The lowest BCUT2D eigenvalue weighted by Gasteiger charge is -2.51. The number of ether oxygens (including phenoxy) is 15. The summed E-state index contributed by atoms with van der Waals surface area (Å²) in [6.45, 7) is -2.81. The molecule has 9 aromatic rings. The SMILES string of the molecule is O=C(OC[C@H]1O[C@@H](OCc2ccccc2)[C@@H](OC(=O)c2ccccc2)[C@@H](OC(=O)c2ccccc2)[C@@H]1O[C@@H]1O[C@H](COC(=O)c2ccccc2)[C@@H](O[C@@H]2O[C@@H]3CO[C@@H](c4ccccc4)O[C@H]3[C@H](OC(=O)c3ccccc3)[C@H]2OS(=O)(=O)C(F)(F)F)[C@H](OC(=O)c2ccccc2)[C@@H]1OC(=O)c1ccccc1)c1ccccc1. The van der Waals surface area contributed by atoms with Crippen molar-refractivity contribution in [2.24, 2.45) is 0 Å². The summed E-state index contributed by atoms with van der Waals surface area (Å²) in [5, 5.41) is 0. The zero-order valence-corrected chi connectivity index (χ0v) is 59.1. The van der Waals surface area contributed by atoms with E-state index in [4.69, 9.17) is 75.2 Å². The zero-order valence-electron chi connectivity index (χ0n) is 58.3. The minimum absolute atomic E-state index is 0.0314. The molecule has 0 aromatic heterocycles. The third kappa shape index (κ3) is 19.3. The minimum atomic E-state index is -6.87. The molecule has 13 rings (SSSR count). The number of alkyl halides is 3. The summed E-state index contributed by atoms with van der Waals surface area (Å²) in [6, 6.07) is 67.9. The number of carbonyl (C=O) groups excluding carboxylic acids is 7. The molecule has 4 aliphatic rings. The number of esters is 7. The van der Waals surface area contributed by atoms with Crippen molar-refractivity contribution in [3.63, 3.8) is 0 Å². The number of hydrogen-bond donors (Lipinski definition) is 0. The normalized spacial score (nSPS) is 25.1. The van der Waals surface area contributed by atoms with Gasteiger partial charge in [-0.15, -0.1) is 0 Å². The Balaban J connectivity index is 0.991. The molecule has 4 saturated heterocycles. The van der Waals surface area contributed by atoms with Gasteiger partial charge in [0.25, 0.3) is 0 Å². The number of carbonyl (C=O) groups is 7. The average Bonchev–Trinajstić information content (AvgIpc) is 0.752. The van der Waals surface area contributed by atoms with Gasteiger partial charge in [-0.3, -0.25) is 4.18 Å². The largest absolute Gasteiger partial charge is 0.523 e. The Morgan fingerprint density at radius 2 is 0.667 bits per heavy atom. The Kier molecular flexibility index (Phi) is 25.2. The first-order valence-electron chi connectivity index (χ1n) is 34.8. The van der Waals surface area contributed by atoms with Crippen LogP contribution in [0.2, 0.25) is 0 Å². The molecular formula is C82H69F3O25S. The average molecular weight is 1540 g/mol. The molecule has 0 bridgehead atoms. The smallest absolute Gasteiger partial charge is 0.459 e. The lowest BCUT2D eigenvalue weighted by Crippen LogP contribution is -2.69. The fourth-order valence-electron chi connectivity index (χ4n) is 12.5. The molecule has 29 heteroatoms. The van der Waals surface area contributed by atoms with Gasteiger partial charge in [-0.2, -0.15) is 21.6 Å². The van der Waals surface area contributed by atoms with Gasteiger partial charge in [-0.25, -0.2) is 33.6 Å². The van der Waals surface area contributed by atoms with Crippen molar-refractivity contribution in [1.29, 1.82) is 0 Å². The van der Waals surface area contributed by atoms with E-state index in [-0.39, 0.29) is 45.6 Å². The first kappa shape index (κ1) is 77.8. The minimum Gasteiger partial charge on any atom is -0.459 e. The summed E-state index contributed by atoms with van der Waals surface area (Å²) >= 11 is 0. The molecule has 111 heavy (non-hydrogen) atoms. The van der Waals surface area contributed by atoms with E-state index in [1.165, 1.54) is 146 Å². The highest BCUT2D eigenvalue weighted by Gasteiger charge is 2.63. The summed E-state index contributed by atoms with van der Waals surface area (Å²) in [5.41, 5.74) is -6.09. The van der Waals surface area contributed by atoms with Gasteiger partial charge in [0.2, 0.25) is 0 Å². The highest BCUT2D eigenvalue weighted by atomic mass is 32.2. The molecule has 9 aromatic carbocycles. The van der Waals surface area contributed by atoms with Gasteiger partial charge in [-0.1, -0.05) is 188 Å². The van der Waals surface area contributed by atoms with E-state index >= 15 is 27.6 Å². The van der Waals surface area contributed by atoms with Crippen LogP contribution in [-0.4, -0.2) is 168 Å². The second-order valence-electron chi connectivity index (χ2n) is 25.4. The second-order valence-corrected chi connectivity index (χ2v) is 26.9. The van der Waals surface area contributed by atoms with E-state index in [1.807, 2.05) is 0 Å². The Labute approximate surface area is 632 Å². The molecular weight excluding hydrogens is 1470 g/mol. The number of fused-ring (bicyclic) bond motifs is 1. The van der Waals surface area contributed by atoms with E-state index < -0.39 is 176 Å². The molecule has 0 aliphatic carbocycles. The Morgan fingerprint density at radius 3 is 1.05 bits per heavy atom. The van der Waals surface area contributed by atoms with Crippen LogP contribution in [0.1, 0.15) is 89.9 Å². The van der Waals surface area contributed by atoms with Crippen LogP contribution < -0.4 is 0 Å². The number of benzene rings is 9. The van der Waals surface area contributed by atoms with Gasteiger partial charge in [0, 0.05) is 5.56 Å². The fourth-order valence-corrected chi connectivity index (χ4v) is 13.1. The topological polar surface area (TPSA) is 301 Å². The molecule has 4 fully saturated rings. The predicted octanol–water partition coefficient (Wildman–Crippen LogP) is 11.3. The quantitative estimate of drug-likeness (QED) is 0.0210. The maximum absolute atomic E-state index is 15.3. The predicted molar refractivity (Wildman–Crippen MR) is 378 cm³/mol. The van der Waals surface area contributed by atoms with Crippen molar-refractivity contribution >= 4 is 51.9 Å². The molecule has 4 aliphatic heterocycles. The van der Waals surface area contributed by atoms with E-state index in [1.54, 1.807) is 127 Å². The van der Waals surface area contributed by atoms with Crippen molar-refractivity contribution in [1.82, 2.24) is 0 Å². The summed E-state index contributed by atoms with van der Waals surface area (Å²) in [7, 11) is -6.87. The molecule has 0 amide bonds. The standard InChI is InChI=1S/C82H69F3O25S/c83-82(84,85)111(93,94)110-70-67(104-75(90)55-38-20-6-21-39-55)64-61(49-98-78(107-64)58-44-26-9-27-45-58)101-81(70)109-63-60(48-96-72(87)52-32-14-3-15-33-52)100-80(69(106-77(92)57-42-24-8-25-43-57)66(63)103-74(89)54-36-18-5-19-37-54)108-62-59(47-95-71(86)51-30-12-2-13-31-51)99-79(97-46-50-28-10-1-11-29-50)68(105-76(91)56-40-22-7-23-41-56)65(62)102-73(88)53-34-16-4-17-35-53/h1-45,59-70,78-81H,46-49H2/t59-,60-,61-,62-,63-,64-,65+,66+,67+,68+,69+,70-,78-,79-,80+,81+/m1/s1. The summed E-state index contributed by atoms with van der Waals surface area (Å²) in [5.74, 6) is -7.91. The van der Waals surface area contributed by atoms with Gasteiger partial charge in [0.15, 0.2) is 61.8 Å². The first-order valence-corrected chi connectivity index (χ1v) is 36.2. The maximum Gasteiger partial charge on any atom is 0.523 e. The Morgan fingerprint density at radius 1 is 0.351 bits per heavy atom. The lowest BCUT2D eigenvalue weighted by molar-refractivity contribution is -0.389. The maximum atomic E-state index is 15.3. The summed E-state index contributed by atoms with van der Waals surface area (Å²) in [4.78, 5) is 103. The third-order valence-electron chi connectivity index (χ3n) is 17.9. The van der Waals surface area contributed by atoms with Crippen LogP contribution in [0.5, 0.6) is 0 Å². The van der Waals surface area contributed by atoms with Crippen LogP contribution in [-0.2, 0) is 92.0 Å². The highest BCUT2D eigenvalue weighted by molar-refractivity contribution is 7.87. The molecule has 0 saturated carbocycles.